The van der Waals surface area contributed by atoms with E-state index in [2.05, 4.69) is 14.9 Å². The Bertz CT molecular complexity index is 994. The van der Waals surface area contributed by atoms with Gasteiger partial charge in [0.15, 0.2) is 0 Å². The summed E-state index contributed by atoms with van der Waals surface area (Å²) >= 11 is 0. The van der Waals surface area contributed by atoms with Crippen molar-refractivity contribution in [3.8, 4) is 0 Å². The Labute approximate surface area is 184 Å². The molecule has 2 aromatic rings. The molecule has 1 saturated heterocycles. The minimum absolute atomic E-state index is 0.0734. The third kappa shape index (κ3) is 5.89. The number of halogens is 1. The van der Waals surface area contributed by atoms with Gasteiger partial charge in [-0.05, 0) is 70.5 Å². The summed E-state index contributed by atoms with van der Waals surface area (Å²) in [6.45, 7) is 10.9. The fraction of sp³-hybridized carbons (Fsp3) is 0.478. The van der Waals surface area contributed by atoms with Crippen molar-refractivity contribution in [3.63, 3.8) is 0 Å². The smallest absolute Gasteiger partial charge is 0.237 e. The fourth-order valence-corrected chi connectivity index (χ4v) is 4.24. The van der Waals surface area contributed by atoms with E-state index in [4.69, 9.17) is 4.74 Å². The fourth-order valence-electron chi connectivity index (χ4n) is 3.49. The molecule has 31 heavy (non-hydrogen) atoms. The Hall–Kier alpha value is -2.32. The minimum Gasteiger partial charge on any atom is -0.379 e. The predicted molar refractivity (Wildman–Crippen MR) is 125 cm³/mol. The van der Waals surface area contributed by atoms with Gasteiger partial charge in [-0.15, -0.1) is 0 Å². The predicted octanol–water partition coefficient (Wildman–Crippen LogP) is 4.59. The van der Waals surface area contributed by atoms with Crippen molar-refractivity contribution in [1.29, 1.82) is 0 Å². The highest BCUT2D eigenvalue weighted by Crippen LogP contribution is 2.30. The molecule has 3 rings (SSSR count). The molecule has 0 aliphatic carbocycles. The van der Waals surface area contributed by atoms with Crippen LogP contribution in [0, 0.1) is 5.82 Å². The third-order valence-electron chi connectivity index (χ3n) is 5.22. The van der Waals surface area contributed by atoms with Crippen molar-refractivity contribution in [2.45, 2.75) is 58.1 Å². The summed E-state index contributed by atoms with van der Waals surface area (Å²) in [5.41, 5.74) is 3.17. The van der Waals surface area contributed by atoms with Gasteiger partial charge in [0.1, 0.15) is 5.82 Å². The van der Waals surface area contributed by atoms with Gasteiger partial charge in [-0.2, -0.15) is 0 Å². The molecule has 0 spiro atoms. The van der Waals surface area contributed by atoms with Crippen LogP contribution in [0.4, 0.5) is 21.5 Å². The van der Waals surface area contributed by atoms with Crippen molar-refractivity contribution in [2.75, 3.05) is 28.0 Å². The number of morpholine rings is 1. The molecule has 0 radical (unpaired) electrons. The van der Waals surface area contributed by atoms with Crippen molar-refractivity contribution >= 4 is 27.1 Å². The number of nitrogens with zero attached hydrogens (tertiary/aromatic N) is 1. The van der Waals surface area contributed by atoms with E-state index in [-0.39, 0.29) is 18.0 Å². The normalized spacial score (nSPS) is 19.9. The molecular formula is C23H32FN3O3S. The van der Waals surface area contributed by atoms with E-state index in [1.165, 1.54) is 6.07 Å². The number of rotatable bonds is 6. The van der Waals surface area contributed by atoms with E-state index in [9.17, 15) is 12.8 Å². The Morgan fingerprint density at radius 3 is 2.26 bits per heavy atom. The lowest BCUT2D eigenvalue weighted by Gasteiger charge is -2.37. The van der Waals surface area contributed by atoms with Crippen LogP contribution in [0.1, 0.15) is 40.2 Å². The first-order chi connectivity index (χ1) is 14.4. The van der Waals surface area contributed by atoms with Gasteiger partial charge in [-0.25, -0.2) is 12.8 Å². The lowest BCUT2D eigenvalue weighted by atomic mass is 10.1. The molecule has 0 saturated carbocycles. The SMILES string of the molecule is CC1CN(c2cc(F)ccc2NCc2ccc(NS(=O)(=O)C(C)(C)C)cc2)CC(C)O1. The third-order valence-corrected chi connectivity index (χ3v) is 7.33. The summed E-state index contributed by atoms with van der Waals surface area (Å²) in [4.78, 5) is 2.15. The van der Waals surface area contributed by atoms with Crippen LogP contribution < -0.4 is 14.9 Å². The second kappa shape index (κ2) is 9.04. The molecule has 1 aliphatic heterocycles. The summed E-state index contributed by atoms with van der Waals surface area (Å²) in [6, 6.07) is 12.0. The van der Waals surface area contributed by atoms with Gasteiger partial charge in [-0.1, -0.05) is 12.1 Å². The van der Waals surface area contributed by atoms with Crippen LogP contribution in [0.5, 0.6) is 0 Å². The zero-order chi connectivity index (χ0) is 22.8. The van der Waals surface area contributed by atoms with Gasteiger partial charge >= 0.3 is 0 Å². The monoisotopic (exact) mass is 449 g/mol. The molecule has 0 amide bonds. The number of benzene rings is 2. The molecule has 2 atom stereocenters. The maximum Gasteiger partial charge on any atom is 0.237 e. The first-order valence-corrected chi connectivity index (χ1v) is 12.0. The Morgan fingerprint density at radius 2 is 1.68 bits per heavy atom. The molecule has 2 N–H and O–H groups in total. The molecule has 0 aromatic heterocycles. The van der Waals surface area contributed by atoms with Gasteiger partial charge < -0.3 is 15.0 Å². The topological polar surface area (TPSA) is 70.7 Å². The lowest BCUT2D eigenvalue weighted by Crippen LogP contribution is -2.45. The second-order valence-corrected chi connectivity index (χ2v) is 11.5. The molecule has 1 aliphatic rings. The van der Waals surface area contributed by atoms with Gasteiger partial charge in [-0.3, -0.25) is 4.72 Å². The zero-order valence-corrected chi connectivity index (χ0v) is 19.6. The lowest BCUT2D eigenvalue weighted by molar-refractivity contribution is -0.00519. The highest BCUT2D eigenvalue weighted by Gasteiger charge is 2.29. The van der Waals surface area contributed by atoms with Crippen LogP contribution in [-0.2, 0) is 21.3 Å². The van der Waals surface area contributed by atoms with Crippen LogP contribution in [0.25, 0.3) is 0 Å². The summed E-state index contributed by atoms with van der Waals surface area (Å²) in [5, 5.41) is 3.39. The van der Waals surface area contributed by atoms with E-state index >= 15 is 0 Å². The second-order valence-electron chi connectivity index (χ2n) is 9.09. The highest BCUT2D eigenvalue weighted by molar-refractivity contribution is 7.94. The number of sulfonamides is 1. The summed E-state index contributed by atoms with van der Waals surface area (Å²) < 4.78 is 46.1. The number of hydrogen-bond donors (Lipinski definition) is 2. The number of hydrogen-bond acceptors (Lipinski definition) is 5. The molecule has 1 fully saturated rings. The summed E-state index contributed by atoms with van der Waals surface area (Å²) in [7, 11) is -3.47. The maximum atomic E-state index is 14.0. The highest BCUT2D eigenvalue weighted by atomic mass is 32.2. The van der Waals surface area contributed by atoms with Crippen molar-refractivity contribution < 1.29 is 17.5 Å². The van der Waals surface area contributed by atoms with Crippen molar-refractivity contribution in [3.05, 3.63) is 53.8 Å². The van der Waals surface area contributed by atoms with E-state index in [0.29, 0.717) is 25.3 Å². The number of nitrogens with one attached hydrogen (secondary N) is 2. The molecule has 0 bridgehead atoms. The van der Waals surface area contributed by atoms with Crippen LogP contribution in [0.15, 0.2) is 42.5 Å². The molecule has 1 heterocycles. The standard InChI is InChI=1S/C23H32FN3O3S/c1-16-14-27(15-17(2)30-16)22-12-19(24)8-11-21(22)25-13-18-6-9-20(10-7-18)26-31(28,29)23(3,4)5/h6-12,16-17,25-26H,13-15H2,1-5H3. The quantitative estimate of drug-likeness (QED) is 0.675. The first kappa shape index (κ1) is 23.3. The van der Waals surface area contributed by atoms with Gasteiger partial charge in [0.05, 0.1) is 28.3 Å². The maximum absolute atomic E-state index is 14.0. The van der Waals surface area contributed by atoms with Crippen molar-refractivity contribution in [2.24, 2.45) is 0 Å². The average molecular weight is 450 g/mol. The number of ether oxygens (including phenoxy) is 1. The van der Waals surface area contributed by atoms with Crippen LogP contribution in [0.2, 0.25) is 0 Å². The molecular weight excluding hydrogens is 417 g/mol. The van der Waals surface area contributed by atoms with Gasteiger partial charge in [0, 0.05) is 25.3 Å². The Morgan fingerprint density at radius 1 is 1.06 bits per heavy atom. The summed E-state index contributed by atoms with van der Waals surface area (Å²) in [6.07, 6.45) is 0.147. The van der Waals surface area contributed by atoms with Gasteiger partial charge in [0.2, 0.25) is 10.0 Å². The van der Waals surface area contributed by atoms with E-state index in [1.54, 1.807) is 45.0 Å². The van der Waals surface area contributed by atoms with E-state index in [0.717, 1.165) is 16.9 Å². The van der Waals surface area contributed by atoms with Gasteiger partial charge in [0.25, 0.3) is 0 Å². The molecule has 6 nitrogen and oxygen atoms in total. The molecule has 8 heteroatoms. The Balaban J connectivity index is 1.70. The average Bonchev–Trinajstić information content (AvgIpc) is 2.66. The van der Waals surface area contributed by atoms with E-state index in [1.807, 2.05) is 26.0 Å². The van der Waals surface area contributed by atoms with Crippen LogP contribution >= 0.6 is 0 Å². The summed E-state index contributed by atoms with van der Waals surface area (Å²) in [5.74, 6) is -0.275. The largest absolute Gasteiger partial charge is 0.379 e. The van der Waals surface area contributed by atoms with Crippen LogP contribution in [0.3, 0.4) is 0 Å². The Kier molecular flexibility index (Phi) is 6.81. The molecule has 170 valence electrons. The zero-order valence-electron chi connectivity index (χ0n) is 18.8. The van der Waals surface area contributed by atoms with E-state index < -0.39 is 14.8 Å². The number of anilines is 3. The van der Waals surface area contributed by atoms with Crippen LogP contribution in [-0.4, -0.2) is 38.5 Å². The first-order valence-electron chi connectivity index (χ1n) is 10.5. The minimum atomic E-state index is -3.47. The molecule has 2 unspecified atom stereocenters. The van der Waals surface area contributed by atoms with Crippen molar-refractivity contribution in [1.82, 2.24) is 0 Å². The molecule has 2 aromatic carbocycles.